The van der Waals surface area contributed by atoms with Gasteiger partial charge in [0.2, 0.25) is 5.91 Å². The van der Waals surface area contributed by atoms with Crippen molar-refractivity contribution >= 4 is 17.6 Å². The number of aryl methyl sites for hydroxylation is 1. The summed E-state index contributed by atoms with van der Waals surface area (Å²) in [6.07, 6.45) is 8.84. The lowest BCUT2D eigenvalue weighted by Crippen LogP contribution is -2.42. The Morgan fingerprint density at radius 3 is 2.66 bits per heavy atom. The predicted octanol–water partition coefficient (Wildman–Crippen LogP) is 2.43. The summed E-state index contributed by atoms with van der Waals surface area (Å²) in [5.41, 5.74) is 2.12. The molecule has 1 aromatic heterocycles. The van der Waals surface area contributed by atoms with Crippen molar-refractivity contribution in [2.75, 3.05) is 11.9 Å². The molecule has 3 amide bonds. The zero-order chi connectivity index (χ0) is 20.6. The van der Waals surface area contributed by atoms with Gasteiger partial charge in [-0.05, 0) is 23.8 Å². The summed E-state index contributed by atoms with van der Waals surface area (Å²) < 4.78 is 1.84. The van der Waals surface area contributed by atoms with Crippen LogP contribution in [-0.4, -0.2) is 28.0 Å². The summed E-state index contributed by atoms with van der Waals surface area (Å²) in [7, 11) is 1.86. The number of nitrogens with one attached hydrogen (secondary N) is 3. The van der Waals surface area contributed by atoms with Gasteiger partial charge in [0.25, 0.3) is 0 Å². The van der Waals surface area contributed by atoms with Crippen molar-refractivity contribution in [1.29, 1.82) is 0 Å². The zero-order valence-electron chi connectivity index (χ0n) is 15.9. The van der Waals surface area contributed by atoms with Gasteiger partial charge in [0.15, 0.2) is 0 Å². The summed E-state index contributed by atoms with van der Waals surface area (Å²) in [6.45, 7) is -0.186. The Balaban J connectivity index is 1.61. The van der Waals surface area contributed by atoms with Crippen molar-refractivity contribution < 1.29 is 9.59 Å². The van der Waals surface area contributed by atoms with Gasteiger partial charge in [0.05, 0.1) is 6.54 Å². The van der Waals surface area contributed by atoms with Crippen LogP contribution in [0.3, 0.4) is 0 Å². The predicted molar refractivity (Wildman–Crippen MR) is 111 cm³/mol. The normalized spacial score (nSPS) is 11.2. The number of benzene rings is 2. The Kier molecular flexibility index (Phi) is 6.28. The average Bonchev–Trinajstić information content (AvgIpc) is 3.17. The van der Waals surface area contributed by atoms with Crippen LogP contribution in [-0.2, 0) is 11.8 Å². The molecule has 7 heteroatoms. The largest absolute Gasteiger partial charge is 0.336 e. The molecular weight excluding hydrogens is 366 g/mol. The maximum absolute atomic E-state index is 12.4. The second-order valence-electron chi connectivity index (χ2n) is 6.34. The van der Waals surface area contributed by atoms with E-state index in [9.17, 15) is 9.59 Å². The van der Waals surface area contributed by atoms with E-state index in [4.69, 9.17) is 6.42 Å². The molecule has 29 heavy (non-hydrogen) atoms. The van der Waals surface area contributed by atoms with Gasteiger partial charge in [-0.15, -0.1) is 6.42 Å². The molecule has 3 aromatic rings. The minimum Gasteiger partial charge on any atom is -0.336 e. The molecule has 0 bridgehead atoms. The molecule has 0 saturated heterocycles. The third-order valence-electron chi connectivity index (χ3n) is 4.25. The lowest BCUT2D eigenvalue weighted by molar-refractivity contribution is -0.115. The van der Waals surface area contributed by atoms with Gasteiger partial charge in [-0.3, -0.25) is 4.79 Å². The Hall–Kier alpha value is -4.05. The molecule has 0 unspecified atom stereocenters. The molecule has 0 spiro atoms. The van der Waals surface area contributed by atoms with Gasteiger partial charge < -0.3 is 20.5 Å². The van der Waals surface area contributed by atoms with E-state index in [1.165, 1.54) is 0 Å². The maximum Gasteiger partial charge on any atom is 0.316 e. The number of nitrogens with zero attached hydrogens (tertiary/aromatic N) is 2. The highest BCUT2D eigenvalue weighted by Crippen LogP contribution is 2.19. The van der Waals surface area contributed by atoms with Crippen molar-refractivity contribution in [1.82, 2.24) is 20.2 Å². The number of hydrogen-bond donors (Lipinski definition) is 3. The highest BCUT2D eigenvalue weighted by Gasteiger charge is 2.20. The van der Waals surface area contributed by atoms with E-state index < -0.39 is 12.1 Å². The lowest BCUT2D eigenvalue weighted by atomic mass is 10.1. The molecule has 7 nitrogen and oxygen atoms in total. The van der Waals surface area contributed by atoms with Crippen LogP contribution in [0.5, 0.6) is 0 Å². The Morgan fingerprint density at radius 2 is 1.97 bits per heavy atom. The molecule has 0 radical (unpaired) electrons. The minimum absolute atomic E-state index is 0.186. The fraction of sp³-hybridized carbons (Fsp3) is 0.136. The van der Waals surface area contributed by atoms with Crippen molar-refractivity contribution in [3.05, 3.63) is 83.9 Å². The molecule has 1 heterocycles. The highest BCUT2D eigenvalue weighted by atomic mass is 16.2. The number of aromatic nitrogens is 2. The molecule has 0 aliphatic rings. The van der Waals surface area contributed by atoms with Crippen molar-refractivity contribution in [2.24, 2.45) is 7.05 Å². The quantitative estimate of drug-likeness (QED) is 0.568. The van der Waals surface area contributed by atoms with Gasteiger partial charge in [-0.1, -0.05) is 42.3 Å². The first-order valence-corrected chi connectivity index (χ1v) is 9.00. The van der Waals surface area contributed by atoms with Gasteiger partial charge in [-0.25, -0.2) is 9.78 Å². The number of hydrogen-bond acceptors (Lipinski definition) is 3. The topological polar surface area (TPSA) is 88.1 Å². The summed E-state index contributed by atoms with van der Waals surface area (Å²) in [5, 5.41) is 8.15. The summed E-state index contributed by atoms with van der Waals surface area (Å²) >= 11 is 0. The lowest BCUT2D eigenvalue weighted by Gasteiger charge is -2.19. The van der Waals surface area contributed by atoms with Crippen molar-refractivity contribution in [3.63, 3.8) is 0 Å². The number of carbonyl (C=O) groups excluding carboxylic acids is 2. The summed E-state index contributed by atoms with van der Waals surface area (Å²) in [6, 6.07) is 15.5. The first kappa shape index (κ1) is 19.7. The van der Waals surface area contributed by atoms with Crippen molar-refractivity contribution in [2.45, 2.75) is 6.04 Å². The first-order chi connectivity index (χ1) is 14.1. The Labute approximate surface area is 169 Å². The van der Waals surface area contributed by atoms with Crippen LogP contribution in [0.4, 0.5) is 10.5 Å². The standard InChI is InChI=1S/C22H21N5O2/c1-3-16-8-7-11-18(14-16)25-19(28)15-24-22(29)26-20(17-9-5-4-6-10-17)21-23-12-13-27(21)2/h1,4-14,20H,15H2,2H3,(H,25,28)(H2,24,26,29)/t20-/m1/s1. The molecule has 0 fully saturated rings. The first-order valence-electron chi connectivity index (χ1n) is 9.00. The Morgan fingerprint density at radius 1 is 1.17 bits per heavy atom. The number of rotatable bonds is 6. The number of anilines is 1. The van der Waals surface area contributed by atoms with Crippen LogP contribution in [0.2, 0.25) is 0 Å². The smallest absolute Gasteiger partial charge is 0.316 e. The number of urea groups is 1. The zero-order valence-corrected chi connectivity index (χ0v) is 15.9. The van der Waals surface area contributed by atoms with Crippen LogP contribution in [0.25, 0.3) is 0 Å². The SMILES string of the molecule is C#Cc1cccc(NC(=O)CNC(=O)N[C@H](c2ccccc2)c2nccn2C)c1. The number of amides is 3. The average molecular weight is 387 g/mol. The maximum atomic E-state index is 12.4. The van der Waals surface area contributed by atoms with Crippen LogP contribution >= 0.6 is 0 Å². The van der Waals surface area contributed by atoms with Crippen LogP contribution < -0.4 is 16.0 Å². The molecule has 146 valence electrons. The van der Waals surface area contributed by atoms with Crippen LogP contribution in [0.15, 0.2) is 67.0 Å². The van der Waals surface area contributed by atoms with Crippen molar-refractivity contribution in [3.8, 4) is 12.3 Å². The van der Waals surface area contributed by atoms with Gasteiger partial charge >= 0.3 is 6.03 Å². The third-order valence-corrected chi connectivity index (χ3v) is 4.25. The monoisotopic (exact) mass is 387 g/mol. The van der Waals surface area contributed by atoms with E-state index in [0.29, 0.717) is 17.1 Å². The van der Waals surface area contributed by atoms with E-state index in [0.717, 1.165) is 5.56 Å². The fourth-order valence-electron chi connectivity index (χ4n) is 2.83. The molecule has 1 atom stereocenters. The van der Waals surface area contributed by atoms with Crippen LogP contribution in [0, 0.1) is 12.3 Å². The summed E-state index contributed by atoms with van der Waals surface area (Å²) in [4.78, 5) is 28.9. The second-order valence-corrected chi connectivity index (χ2v) is 6.34. The molecule has 0 saturated carbocycles. The summed E-state index contributed by atoms with van der Waals surface area (Å²) in [5.74, 6) is 2.83. The van der Waals surface area contributed by atoms with E-state index in [1.54, 1.807) is 30.5 Å². The molecule has 3 rings (SSSR count). The van der Waals surface area contributed by atoms with Gasteiger partial charge in [0, 0.05) is 30.7 Å². The van der Waals surface area contributed by atoms with E-state index in [-0.39, 0.29) is 12.5 Å². The van der Waals surface area contributed by atoms with Gasteiger partial charge in [-0.2, -0.15) is 0 Å². The molecule has 3 N–H and O–H groups in total. The van der Waals surface area contributed by atoms with E-state index in [1.807, 2.05) is 48.1 Å². The number of carbonyl (C=O) groups is 2. The number of terminal acetylenes is 1. The second kappa shape index (κ2) is 9.24. The third kappa shape index (κ3) is 5.23. The van der Waals surface area contributed by atoms with Gasteiger partial charge in [0.1, 0.15) is 11.9 Å². The molecular formula is C22H21N5O2. The fourth-order valence-corrected chi connectivity index (χ4v) is 2.83. The highest BCUT2D eigenvalue weighted by molar-refractivity contribution is 5.94. The Bertz CT molecular complexity index is 1040. The molecule has 0 aliphatic carbocycles. The van der Waals surface area contributed by atoms with Crippen LogP contribution in [0.1, 0.15) is 23.0 Å². The number of imidazole rings is 1. The minimum atomic E-state index is -0.477. The van der Waals surface area contributed by atoms with E-state index in [2.05, 4.69) is 26.9 Å². The molecule has 0 aliphatic heterocycles. The molecule has 2 aromatic carbocycles. The van der Waals surface area contributed by atoms with E-state index >= 15 is 0 Å².